The molecule has 0 bridgehead atoms. The van der Waals surface area contributed by atoms with Gasteiger partial charge in [-0.25, -0.2) is 9.78 Å². The lowest BCUT2D eigenvalue weighted by molar-refractivity contribution is -0.0492. The van der Waals surface area contributed by atoms with Gasteiger partial charge in [0, 0.05) is 28.1 Å². The zero-order valence-electron chi connectivity index (χ0n) is 16.5. The number of nitrogens with one attached hydrogen (secondary N) is 2. The van der Waals surface area contributed by atoms with E-state index >= 15 is 0 Å². The van der Waals surface area contributed by atoms with Gasteiger partial charge in [-0.2, -0.15) is 0 Å². The number of carbonyl (C=O) groups excluding carboxylic acids is 1. The molecular weight excluding hydrogens is 452 g/mol. The highest BCUT2D eigenvalue weighted by Crippen LogP contribution is 2.43. The van der Waals surface area contributed by atoms with Crippen LogP contribution in [0.3, 0.4) is 0 Å². The number of aromatic amines is 1. The lowest BCUT2D eigenvalue weighted by Crippen LogP contribution is -2.45. The SMILES string of the molecule is O=C(O)Nc1nc2cc(C3(O)c4ccccc4C(=O)N3CCc3ccc(Cl)s3)ccc2[nH]1. The zero-order chi connectivity index (χ0) is 22.5. The number of hydrogen-bond donors (Lipinski definition) is 4. The number of nitrogens with zero attached hydrogens (tertiary/aromatic N) is 2. The third kappa shape index (κ3) is 3.31. The van der Waals surface area contributed by atoms with Gasteiger partial charge in [0.1, 0.15) is 0 Å². The molecule has 0 spiro atoms. The molecule has 32 heavy (non-hydrogen) atoms. The van der Waals surface area contributed by atoms with Gasteiger partial charge in [-0.15, -0.1) is 11.3 Å². The summed E-state index contributed by atoms with van der Waals surface area (Å²) in [5.74, 6) is -0.188. The molecule has 2 aromatic heterocycles. The number of aromatic nitrogens is 2. The van der Waals surface area contributed by atoms with Crippen LogP contribution in [0.2, 0.25) is 4.34 Å². The van der Waals surface area contributed by atoms with Gasteiger partial charge >= 0.3 is 6.09 Å². The van der Waals surface area contributed by atoms with Gasteiger partial charge in [0.25, 0.3) is 5.91 Å². The average Bonchev–Trinajstić information content (AvgIpc) is 3.42. The fourth-order valence-electron chi connectivity index (χ4n) is 4.08. The van der Waals surface area contributed by atoms with Crippen LogP contribution >= 0.6 is 22.9 Å². The van der Waals surface area contributed by atoms with Crippen molar-refractivity contribution in [2.24, 2.45) is 0 Å². The molecule has 2 aromatic carbocycles. The molecule has 0 saturated carbocycles. The smallest absolute Gasteiger partial charge is 0.411 e. The van der Waals surface area contributed by atoms with Crippen molar-refractivity contribution in [3.63, 3.8) is 0 Å². The van der Waals surface area contributed by atoms with E-state index in [1.165, 1.54) is 16.2 Å². The number of H-pyrrole nitrogens is 1. The number of aliphatic hydroxyl groups is 1. The number of rotatable bonds is 5. The molecule has 5 rings (SSSR count). The van der Waals surface area contributed by atoms with Crippen molar-refractivity contribution in [2.75, 3.05) is 11.9 Å². The third-order valence-corrected chi connectivity index (χ3v) is 6.78. The fourth-order valence-corrected chi connectivity index (χ4v) is 5.15. The van der Waals surface area contributed by atoms with Gasteiger partial charge in [-0.05, 0) is 36.8 Å². The Labute approximate surface area is 191 Å². The molecule has 0 radical (unpaired) electrons. The highest BCUT2D eigenvalue weighted by Gasteiger charge is 2.49. The maximum absolute atomic E-state index is 13.2. The lowest BCUT2D eigenvalue weighted by Gasteiger charge is -2.35. The summed E-state index contributed by atoms with van der Waals surface area (Å²) in [6, 6.07) is 15.8. The van der Waals surface area contributed by atoms with Gasteiger partial charge in [0.15, 0.2) is 5.72 Å². The van der Waals surface area contributed by atoms with E-state index in [-0.39, 0.29) is 18.4 Å². The van der Waals surface area contributed by atoms with Crippen LogP contribution < -0.4 is 5.32 Å². The summed E-state index contributed by atoms with van der Waals surface area (Å²) in [7, 11) is 0. The van der Waals surface area contributed by atoms with Crippen LogP contribution in [0.1, 0.15) is 26.4 Å². The first-order valence-electron chi connectivity index (χ1n) is 9.74. The molecule has 0 aliphatic carbocycles. The molecule has 10 heteroatoms. The van der Waals surface area contributed by atoms with E-state index in [2.05, 4.69) is 15.3 Å². The maximum Gasteiger partial charge on any atom is 0.411 e. The second kappa shape index (κ2) is 7.63. The molecule has 1 unspecified atom stereocenters. The Morgan fingerprint density at radius 3 is 2.78 bits per heavy atom. The van der Waals surface area contributed by atoms with Crippen molar-refractivity contribution < 1.29 is 19.8 Å². The number of amides is 2. The van der Waals surface area contributed by atoms with Crippen LogP contribution in [0.25, 0.3) is 11.0 Å². The van der Waals surface area contributed by atoms with E-state index in [0.29, 0.717) is 38.5 Å². The predicted octanol–water partition coefficient (Wildman–Crippen LogP) is 4.26. The summed E-state index contributed by atoms with van der Waals surface area (Å²) in [5, 5.41) is 23.1. The Kier molecular flexibility index (Phi) is 4.89. The van der Waals surface area contributed by atoms with Crippen molar-refractivity contribution in [3.8, 4) is 0 Å². The van der Waals surface area contributed by atoms with E-state index < -0.39 is 11.8 Å². The van der Waals surface area contributed by atoms with Crippen molar-refractivity contribution in [3.05, 3.63) is 80.5 Å². The van der Waals surface area contributed by atoms with Gasteiger partial charge < -0.3 is 20.1 Å². The normalized spacial score (nSPS) is 17.7. The predicted molar refractivity (Wildman–Crippen MR) is 121 cm³/mol. The highest BCUT2D eigenvalue weighted by atomic mass is 35.5. The Hall–Kier alpha value is -3.40. The monoisotopic (exact) mass is 468 g/mol. The molecular formula is C22H17ClN4O4S. The highest BCUT2D eigenvalue weighted by molar-refractivity contribution is 7.16. The van der Waals surface area contributed by atoms with Crippen LogP contribution in [-0.4, -0.2) is 43.6 Å². The molecule has 0 saturated heterocycles. The molecule has 4 N–H and O–H groups in total. The van der Waals surface area contributed by atoms with E-state index in [0.717, 1.165) is 4.88 Å². The number of imidazole rings is 1. The van der Waals surface area contributed by atoms with Crippen LogP contribution in [0.5, 0.6) is 0 Å². The number of hydrogen-bond acceptors (Lipinski definition) is 5. The number of fused-ring (bicyclic) bond motifs is 2. The Balaban J connectivity index is 1.57. The minimum Gasteiger partial charge on any atom is -0.465 e. The standard InChI is InChI=1S/C22H17ClN4O4S/c23-18-8-6-13(32-18)9-10-27-19(28)14-3-1-2-4-15(14)22(27,31)12-5-7-16-17(11-12)25-20(24-16)26-21(29)30/h1-8,11,31H,9-10H2,(H,29,30)(H2,24,25,26). The van der Waals surface area contributed by atoms with E-state index in [9.17, 15) is 14.7 Å². The first-order valence-corrected chi connectivity index (χ1v) is 10.9. The van der Waals surface area contributed by atoms with Crippen LogP contribution in [0, 0.1) is 0 Å². The Morgan fingerprint density at radius 1 is 1.22 bits per heavy atom. The molecule has 3 heterocycles. The number of carbonyl (C=O) groups is 2. The first-order chi connectivity index (χ1) is 15.4. The molecule has 1 aliphatic rings. The number of carboxylic acid groups (broad SMARTS) is 1. The number of thiophene rings is 1. The zero-order valence-corrected chi connectivity index (χ0v) is 18.1. The van der Waals surface area contributed by atoms with Crippen LogP contribution in [0.4, 0.5) is 10.7 Å². The molecule has 1 aliphatic heterocycles. The van der Waals surface area contributed by atoms with Gasteiger partial charge in [-0.1, -0.05) is 35.9 Å². The molecule has 2 amide bonds. The molecule has 0 fully saturated rings. The van der Waals surface area contributed by atoms with Crippen molar-refractivity contribution in [1.82, 2.24) is 14.9 Å². The summed E-state index contributed by atoms with van der Waals surface area (Å²) < 4.78 is 0.668. The molecule has 8 nitrogen and oxygen atoms in total. The fraction of sp³-hybridized carbons (Fsp3) is 0.136. The number of anilines is 1. The van der Waals surface area contributed by atoms with Crippen molar-refractivity contribution >= 4 is 51.9 Å². The molecule has 4 aromatic rings. The summed E-state index contributed by atoms with van der Waals surface area (Å²) in [6.07, 6.45) is -0.699. The first kappa shape index (κ1) is 20.5. The summed E-state index contributed by atoms with van der Waals surface area (Å²) in [6.45, 7) is 0.283. The topological polar surface area (TPSA) is 119 Å². The van der Waals surface area contributed by atoms with Crippen molar-refractivity contribution in [1.29, 1.82) is 0 Å². The number of benzene rings is 2. The van der Waals surface area contributed by atoms with Crippen LogP contribution in [0.15, 0.2) is 54.6 Å². The van der Waals surface area contributed by atoms with E-state index in [1.54, 1.807) is 42.5 Å². The maximum atomic E-state index is 13.2. The van der Waals surface area contributed by atoms with Gasteiger partial charge in [0.2, 0.25) is 5.95 Å². The molecule has 162 valence electrons. The van der Waals surface area contributed by atoms with Crippen molar-refractivity contribution in [2.45, 2.75) is 12.1 Å². The second-order valence-electron chi connectivity index (χ2n) is 7.38. The minimum absolute atomic E-state index is 0.0750. The van der Waals surface area contributed by atoms with Gasteiger partial charge in [-0.3, -0.25) is 10.1 Å². The quantitative estimate of drug-likeness (QED) is 0.349. The minimum atomic E-state index is -1.69. The largest absolute Gasteiger partial charge is 0.465 e. The second-order valence-corrected chi connectivity index (χ2v) is 9.18. The van der Waals surface area contributed by atoms with E-state index in [4.69, 9.17) is 16.7 Å². The van der Waals surface area contributed by atoms with Crippen LogP contribution in [-0.2, 0) is 12.1 Å². The van der Waals surface area contributed by atoms with E-state index in [1.807, 2.05) is 12.1 Å². The third-order valence-electron chi connectivity index (χ3n) is 5.49. The lowest BCUT2D eigenvalue weighted by atomic mass is 9.93. The summed E-state index contributed by atoms with van der Waals surface area (Å²) in [4.78, 5) is 33.7. The average molecular weight is 469 g/mol. The summed E-state index contributed by atoms with van der Waals surface area (Å²) in [5.41, 5.74) is 0.755. The molecule has 1 atom stereocenters. The Bertz CT molecular complexity index is 1370. The van der Waals surface area contributed by atoms with Gasteiger partial charge in [0.05, 0.1) is 15.4 Å². The Morgan fingerprint density at radius 2 is 2.03 bits per heavy atom. The number of halogens is 1. The summed E-state index contributed by atoms with van der Waals surface area (Å²) >= 11 is 7.47.